The molecule has 0 aromatic carbocycles. The van der Waals surface area contributed by atoms with Crippen LogP contribution < -0.4 is 0 Å². The summed E-state index contributed by atoms with van der Waals surface area (Å²) < 4.78 is 30.3. The lowest BCUT2D eigenvalue weighted by Crippen LogP contribution is -2.38. The SMILES string of the molecule is CCCC(I)(CC)CC(F)(F)C(=O)OC. The van der Waals surface area contributed by atoms with E-state index in [0.717, 1.165) is 13.5 Å². The number of rotatable bonds is 6. The van der Waals surface area contributed by atoms with Crippen LogP contribution in [0.15, 0.2) is 0 Å². The van der Waals surface area contributed by atoms with Crippen LogP contribution in [0, 0.1) is 0 Å². The van der Waals surface area contributed by atoms with E-state index >= 15 is 0 Å². The van der Waals surface area contributed by atoms with Crippen LogP contribution in [0.4, 0.5) is 8.78 Å². The van der Waals surface area contributed by atoms with Crippen molar-refractivity contribution in [3.8, 4) is 0 Å². The second kappa shape index (κ2) is 5.96. The summed E-state index contributed by atoms with van der Waals surface area (Å²) in [5, 5.41) is 0. The molecule has 0 heterocycles. The molecule has 0 saturated carbocycles. The third kappa shape index (κ3) is 4.61. The molecule has 90 valence electrons. The lowest BCUT2D eigenvalue weighted by Gasteiger charge is -2.28. The molecule has 0 aliphatic rings. The van der Waals surface area contributed by atoms with Gasteiger partial charge < -0.3 is 4.74 Å². The van der Waals surface area contributed by atoms with Crippen molar-refractivity contribution in [1.29, 1.82) is 0 Å². The summed E-state index contributed by atoms with van der Waals surface area (Å²) in [5.74, 6) is -4.81. The highest BCUT2D eigenvalue weighted by Gasteiger charge is 2.46. The van der Waals surface area contributed by atoms with Gasteiger partial charge in [0.1, 0.15) is 0 Å². The Hall–Kier alpha value is 0.0600. The molecule has 0 aromatic heterocycles. The molecule has 0 bridgehead atoms. The van der Waals surface area contributed by atoms with Gasteiger partial charge in [0.05, 0.1) is 7.11 Å². The zero-order valence-corrected chi connectivity index (χ0v) is 11.4. The normalized spacial score (nSPS) is 15.9. The Kier molecular flexibility index (Phi) is 5.98. The smallest absolute Gasteiger partial charge is 0.376 e. The standard InChI is InChI=1S/C10H17F2IO2/c1-4-6-9(13,5-2)7-10(11,12)8(14)15-3/h4-7H2,1-3H3. The number of esters is 1. The number of hydrogen-bond acceptors (Lipinski definition) is 2. The van der Waals surface area contributed by atoms with Gasteiger partial charge >= 0.3 is 11.9 Å². The van der Waals surface area contributed by atoms with Crippen LogP contribution in [-0.4, -0.2) is 22.4 Å². The van der Waals surface area contributed by atoms with Gasteiger partial charge in [-0.1, -0.05) is 42.9 Å². The van der Waals surface area contributed by atoms with Gasteiger partial charge in [0.2, 0.25) is 0 Å². The number of alkyl halides is 3. The van der Waals surface area contributed by atoms with Crippen molar-refractivity contribution in [2.24, 2.45) is 0 Å². The molecule has 0 spiro atoms. The van der Waals surface area contributed by atoms with Gasteiger partial charge in [-0.15, -0.1) is 0 Å². The number of hydrogen-bond donors (Lipinski definition) is 0. The van der Waals surface area contributed by atoms with Gasteiger partial charge in [-0.05, 0) is 12.8 Å². The van der Waals surface area contributed by atoms with Crippen molar-refractivity contribution in [1.82, 2.24) is 0 Å². The summed E-state index contributed by atoms with van der Waals surface area (Å²) in [5.41, 5.74) is 0. The van der Waals surface area contributed by atoms with Crippen LogP contribution in [0.3, 0.4) is 0 Å². The molecule has 1 atom stereocenters. The van der Waals surface area contributed by atoms with Crippen molar-refractivity contribution >= 4 is 28.6 Å². The molecule has 0 radical (unpaired) electrons. The second-order valence-corrected chi connectivity index (χ2v) is 5.92. The number of halogens is 3. The van der Waals surface area contributed by atoms with E-state index < -0.39 is 21.7 Å². The average Bonchev–Trinajstić information content (AvgIpc) is 2.16. The van der Waals surface area contributed by atoms with E-state index in [1.165, 1.54) is 0 Å². The number of carbonyl (C=O) groups is 1. The molecule has 0 aliphatic carbocycles. The van der Waals surface area contributed by atoms with Gasteiger partial charge in [-0.25, -0.2) is 4.79 Å². The minimum atomic E-state index is -3.37. The largest absolute Gasteiger partial charge is 0.465 e. The van der Waals surface area contributed by atoms with E-state index in [9.17, 15) is 13.6 Å². The molecule has 0 rings (SSSR count). The summed E-state index contributed by atoms with van der Waals surface area (Å²) in [6.45, 7) is 3.80. The fourth-order valence-electron chi connectivity index (χ4n) is 1.46. The van der Waals surface area contributed by atoms with Crippen molar-refractivity contribution in [3.05, 3.63) is 0 Å². The summed E-state index contributed by atoms with van der Waals surface area (Å²) in [7, 11) is 0.983. The first-order valence-corrected chi connectivity index (χ1v) is 6.04. The van der Waals surface area contributed by atoms with Crippen LogP contribution in [0.1, 0.15) is 39.5 Å². The second-order valence-electron chi connectivity index (χ2n) is 3.63. The highest BCUT2D eigenvalue weighted by molar-refractivity contribution is 14.1. The molecular formula is C10H17F2IO2. The van der Waals surface area contributed by atoms with Gasteiger partial charge in [0.25, 0.3) is 0 Å². The molecule has 0 N–H and O–H groups in total. The maximum Gasteiger partial charge on any atom is 0.376 e. The van der Waals surface area contributed by atoms with E-state index in [1.54, 1.807) is 0 Å². The Balaban J connectivity index is 4.59. The Morgan fingerprint density at radius 3 is 2.27 bits per heavy atom. The zero-order chi connectivity index (χ0) is 12.1. The van der Waals surface area contributed by atoms with Gasteiger partial charge in [0.15, 0.2) is 0 Å². The van der Waals surface area contributed by atoms with E-state index in [4.69, 9.17) is 0 Å². The number of ether oxygens (including phenoxy) is 1. The van der Waals surface area contributed by atoms with E-state index in [-0.39, 0.29) is 0 Å². The summed E-state index contributed by atoms with van der Waals surface area (Å²) in [6.07, 6.45) is 1.68. The first-order chi connectivity index (χ1) is 6.81. The fourth-order valence-corrected chi connectivity index (χ4v) is 2.48. The lowest BCUT2D eigenvalue weighted by molar-refractivity contribution is -0.170. The first kappa shape index (κ1) is 15.1. The van der Waals surface area contributed by atoms with Crippen LogP contribution >= 0.6 is 22.6 Å². The summed E-state index contributed by atoms with van der Waals surface area (Å²) in [6, 6.07) is 0. The summed E-state index contributed by atoms with van der Waals surface area (Å²) in [4.78, 5) is 10.9. The molecule has 0 aliphatic heterocycles. The topological polar surface area (TPSA) is 26.3 Å². The van der Waals surface area contributed by atoms with E-state index in [1.807, 2.05) is 36.4 Å². The van der Waals surface area contributed by atoms with Crippen LogP contribution in [0.2, 0.25) is 0 Å². The molecule has 5 heteroatoms. The third-order valence-corrected chi connectivity index (χ3v) is 4.04. The highest BCUT2D eigenvalue weighted by atomic mass is 127. The monoisotopic (exact) mass is 334 g/mol. The predicted octanol–water partition coefficient (Wildman–Crippen LogP) is 3.57. The van der Waals surface area contributed by atoms with Crippen molar-refractivity contribution in [2.45, 2.75) is 48.9 Å². The zero-order valence-electron chi connectivity index (χ0n) is 9.28. The van der Waals surface area contributed by atoms with Gasteiger partial charge in [0, 0.05) is 9.84 Å². The Morgan fingerprint density at radius 2 is 1.93 bits per heavy atom. The van der Waals surface area contributed by atoms with Crippen molar-refractivity contribution in [3.63, 3.8) is 0 Å². The maximum absolute atomic E-state index is 13.3. The molecule has 0 saturated heterocycles. The molecule has 0 amide bonds. The molecule has 0 fully saturated rings. The number of carbonyl (C=O) groups excluding carboxylic acids is 1. The van der Waals surface area contributed by atoms with Crippen molar-refractivity contribution in [2.75, 3.05) is 7.11 Å². The van der Waals surface area contributed by atoms with E-state index in [2.05, 4.69) is 4.74 Å². The minimum Gasteiger partial charge on any atom is -0.465 e. The van der Waals surface area contributed by atoms with Gasteiger partial charge in [-0.2, -0.15) is 8.78 Å². The highest BCUT2D eigenvalue weighted by Crippen LogP contribution is 2.39. The van der Waals surface area contributed by atoms with Crippen LogP contribution in [-0.2, 0) is 9.53 Å². The Morgan fingerprint density at radius 1 is 1.40 bits per heavy atom. The van der Waals surface area contributed by atoms with Gasteiger partial charge in [-0.3, -0.25) is 0 Å². The maximum atomic E-state index is 13.3. The molecule has 1 unspecified atom stereocenters. The first-order valence-electron chi connectivity index (χ1n) is 4.96. The molecule has 15 heavy (non-hydrogen) atoms. The minimum absolute atomic E-state index is 0.447. The fraction of sp³-hybridized carbons (Fsp3) is 0.900. The van der Waals surface area contributed by atoms with Crippen LogP contribution in [0.25, 0.3) is 0 Å². The Labute approximate surface area is 103 Å². The quantitative estimate of drug-likeness (QED) is 0.422. The third-order valence-electron chi connectivity index (χ3n) is 2.35. The molecular weight excluding hydrogens is 317 g/mol. The Bertz CT molecular complexity index is 221. The molecule has 2 nitrogen and oxygen atoms in total. The average molecular weight is 334 g/mol. The van der Waals surface area contributed by atoms with Crippen molar-refractivity contribution < 1.29 is 18.3 Å². The number of methoxy groups -OCH3 is 1. The molecule has 0 aromatic rings. The van der Waals surface area contributed by atoms with E-state index in [0.29, 0.717) is 12.8 Å². The lowest BCUT2D eigenvalue weighted by atomic mass is 9.93. The summed E-state index contributed by atoms with van der Waals surface area (Å²) >= 11 is 2.03. The van der Waals surface area contributed by atoms with Crippen LogP contribution in [0.5, 0.6) is 0 Å². The predicted molar refractivity (Wildman–Crippen MR) is 63.5 cm³/mol.